The monoisotopic (exact) mass is 401 g/mol. The van der Waals surface area contributed by atoms with Crippen molar-refractivity contribution in [3.8, 4) is 17.0 Å². The van der Waals surface area contributed by atoms with Crippen LogP contribution in [-0.4, -0.2) is 18.3 Å². The minimum Gasteiger partial charge on any atom is -0.496 e. The summed E-state index contributed by atoms with van der Waals surface area (Å²) in [7, 11) is 1.65. The Balaban J connectivity index is 1.73. The number of methoxy groups -OCH3 is 1. The Bertz CT molecular complexity index is 862. The van der Waals surface area contributed by atoms with Gasteiger partial charge in [-0.1, -0.05) is 46.3 Å². The van der Waals surface area contributed by atoms with Crippen molar-refractivity contribution in [2.24, 2.45) is 5.10 Å². The van der Waals surface area contributed by atoms with Gasteiger partial charge in [-0.25, -0.2) is 4.98 Å². The molecule has 1 N–H and O–H groups in total. The van der Waals surface area contributed by atoms with E-state index in [1.807, 2.05) is 54.8 Å². The largest absolute Gasteiger partial charge is 0.496 e. The van der Waals surface area contributed by atoms with Gasteiger partial charge in [0.2, 0.25) is 5.13 Å². The Morgan fingerprint density at radius 2 is 2.04 bits per heavy atom. The number of anilines is 1. The molecule has 0 saturated heterocycles. The zero-order chi connectivity index (χ0) is 16.9. The zero-order valence-corrected chi connectivity index (χ0v) is 15.7. The second-order valence-electron chi connectivity index (χ2n) is 5.12. The molecule has 0 saturated carbocycles. The first kappa shape index (κ1) is 16.7. The molecule has 24 heavy (non-hydrogen) atoms. The van der Waals surface area contributed by atoms with Crippen LogP contribution >= 0.6 is 27.3 Å². The lowest BCUT2D eigenvalue weighted by Gasteiger charge is -2.07. The number of halogens is 1. The van der Waals surface area contributed by atoms with E-state index in [2.05, 4.69) is 31.4 Å². The molecular weight excluding hydrogens is 386 g/mol. The number of nitrogens with zero attached hydrogens (tertiary/aromatic N) is 2. The van der Waals surface area contributed by atoms with E-state index in [1.165, 1.54) is 11.3 Å². The third kappa shape index (κ3) is 3.83. The van der Waals surface area contributed by atoms with Crippen molar-refractivity contribution in [1.29, 1.82) is 0 Å². The Labute approximate surface area is 153 Å². The molecule has 4 nitrogen and oxygen atoms in total. The molecule has 0 fully saturated rings. The lowest BCUT2D eigenvalue weighted by Crippen LogP contribution is -1.95. The molecule has 0 bridgehead atoms. The number of ether oxygens (including phenoxy) is 1. The van der Waals surface area contributed by atoms with Crippen molar-refractivity contribution in [1.82, 2.24) is 4.98 Å². The van der Waals surface area contributed by atoms with Gasteiger partial charge in [0.1, 0.15) is 5.75 Å². The van der Waals surface area contributed by atoms with Gasteiger partial charge in [0.15, 0.2) is 0 Å². The van der Waals surface area contributed by atoms with Crippen molar-refractivity contribution in [3.05, 3.63) is 63.4 Å². The molecule has 0 aliphatic carbocycles. The lowest BCUT2D eigenvalue weighted by atomic mass is 10.1. The minimum absolute atomic E-state index is 0.746. The molecule has 0 unspecified atom stereocenters. The fraction of sp³-hybridized carbons (Fsp3) is 0.111. The summed E-state index contributed by atoms with van der Waals surface area (Å²) in [5.74, 6) is 0.783. The molecule has 0 aliphatic heterocycles. The van der Waals surface area contributed by atoms with Gasteiger partial charge in [0.25, 0.3) is 0 Å². The van der Waals surface area contributed by atoms with Crippen LogP contribution in [0.25, 0.3) is 11.3 Å². The SMILES string of the molecule is COc1cc(C)c(Br)cc1C=NNc1nc(-c2ccccc2)cs1. The Kier molecular flexibility index (Phi) is 5.27. The molecule has 0 atom stereocenters. The highest BCUT2D eigenvalue weighted by Gasteiger charge is 2.06. The smallest absolute Gasteiger partial charge is 0.203 e. The van der Waals surface area contributed by atoms with E-state index in [1.54, 1.807) is 13.3 Å². The van der Waals surface area contributed by atoms with E-state index in [0.29, 0.717) is 0 Å². The summed E-state index contributed by atoms with van der Waals surface area (Å²) in [6, 6.07) is 14.0. The van der Waals surface area contributed by atoms with Gasteiger partial charge < -0.3 is 4.74 Å². The maximum Gasteiger partial charge on any atom is 0.203 e. The predicted molar refractivity (Wildman–Crippen MR) is 104 cm³/mol. The molecule has 3 rings (SSSR count). The third-order valence-corrected chi connectivity index (χ3v) is 5.05. The number of aromatic nitrogens is 1. The van der Waals surface area contributed by atoms with E-state index in [9.17, 15) is 0 Å². The first-order valence-corrected chi connectivity index (χ1v) is 8.99. The van der Waals surface area contributed by atoms with Crippen molar-refractivity contribution in [2.75, 3.05) is 12.5 Å². The highest BCUT2D eigenvalue weighted by molar-refractivity contribution is 9.10. The van der Waals surface area contributed by atoms with E-state index in [0.717, 1.165) is 37.7 Å². The number of rotatable bonds is 5. The standard InChI is InChI=1S/C18H16BrN3OS/c1-12-8-17(23-2)14(9-15(12)19)10-20-22-18-21-16(11-24-18)13-6-4-3-5-7-13/h3-11H,1-2H3,(H,21,22). The number of benzene rings is 2. The molecular formula is C18H16BrN3OS. The summed E-state index contributed by atoms with van der Waals surface area (Å²) in [4.78, 5) is 4.54. The van der Waals surface area contributed by atoms with Crippen LogP contribution in [0.5, 0.6) is 5.75 Å². The maximum atomic E-state index is 5.39. The molecule has 2 aromatic carbocycles. The number of nitrogens with one attached hydrogen (secondary N) is 1. The van der Waals surface area contributed by atoms with Gasteiger partial charge in [0.05, 0.1) is 19.0 Å². The van der Waals surface area contributed by atoms with Crippen LogP contribution in [-0.2, 0) is 0 Å². The fourth-order valence-corrected chi connectivity index (χ4v) is 3.20. The van der Waals surface area contributed by atoms with Gasteiger partial charge in [-0.15, -0.1) is 11.3 Å². The Morgan fingerprint density at radius 1 is 1.25 bits per heavy atom. The van der Waals surface area contributed by atoms with Gasteiger partial charge in [0, 0.05) is 21.0 Å². The predicted octanol–water partition coefficient (Wildman–Crippen LogP) is 5.34. The number of hydrogen-bond acceptors (Lipinski definition) is 5. The average molecular weight is 402 g/mol. The summed E-state index contributed by atoms with van der Waals surface area (Å²) in [6.07, 6.45) is 1.73. The van der Waals surface area contributed by atoms with Crippen molar-refractivity contribution in [2.45, 2.75) is 6.92 Å². The van der Waals surface area contributed by atoms with Crippen LogP contribution in [0.2, 0.25) is 0 Å². The molecule has 122 valence electrons. The zero-order valence-electron chi connectivity index (χ0n) is 13.3. The van der Waals surface area contributed by atoms with Crippen LogP contribution in [0.15, 0.2) is 57.4 Å². The summed E-state index contributed by atoms with van der Waals surface area (Å²) in [5, 5.41) is 7.03. The van der Waals surface area contributed by atoms with Gasteiger partial charge in [-0.3, -0.25) is 5.43 Å². The summed E-state index contributed by atoms with van der Waals surface area (Å²) in [5.41, 5.74) is 7.01. The summed E-state index contributed by atoms with van der Waals surface area (Å²) in [6.45, 7) is 2.02. The minimum atomic E-state index is 0.746. The van der Waals surface area contributed by atoms with Gasteiger partial charge in [-0.2, -0.15) is 5.10 Å². The van der Waals surface area contributed by atoms with Gasteiger partial charge in [-0.05, 0) is 24.6 Å². The second kappa shape index (κ2) is 7.59. The van der Waals surface area contributed by atoms with Crippen molar-refractivity contribution in [3.63, 3.8) is 0 Å². The first-order chi connectivity index (χ1) is 11.7. The number of hydrogen-bond donors (Lipinski definition) is 1. The first-order valence-electron chi connectivity index (χ1n) is 7.31. The molecule has 0 radical (unpaired) electrons. The normalized spacial score (nSPS) is 11.0. The number of thiazole rings is 1. The van der Waals surface area contributed by atoms with Crippen LogP contribution in [0.1, 0.15) is 11.1 Å². The van der Waals surface area contributed by atoms with E-state index >= 15 is 0 Å². The molecule has 0 amide bonds. The second-order valence-corrected chi connectivity index (χ2v) is 6.83. The van der Waals surface area contributed by atoms with E-state index in [4.69, 9.17) is 4.74 Å². The Hall–Kier alpha value is -2.18. The quantitative estimate of drug-likeness (QED) is 0.463. The number of aryl methyl sites for hydroxylation is 1. The van der Waals surface area contributed by atoms with E-state index in [-0.39, 0.29) is 0 Å². The van der Waals surface area contributed by atoms with E-state index < -0.39 is 0 Å². The Morgan fingerprint density at radius 3 is 2.79 bits per heavy atom. The summed E-state index contributed by atoms with van der Waals surface area (Å²) < 4.78 is 6.41. The van der Waals surface area contributed by atoms with Crippen LogP contribution in [0.4, 0.5) is 5.13 Å². The molecule has 1 aromatic heterocycles. The topological polar surface area (TPSA) is 46.5 Å². The molecule has 6 heteroatoms. The highest BCUT2D eigenvalue weighted by atomic mass is 79.9. The summed E-state index contributed by atoms with van der Waals surface area (Å²) >= 11 is 5.05. The highest BCUT2D eigenvalue weighted by Crippen LogP contribution is 2.26. The van der Waals surface area contributed by atoms with Gasteiger partial charge >= 0.3 is 0 Å². The average Bonchev–Trinajstić information content (AvgIpc) is 3.07. The lowest BCUT2D eigenvalue weighted by molar-refractivity contribution is 0.413. The molecule has 0 spiro atoms. The van der Waals surface area contributed by atoms with Crippen molar-refractivity contribution < 1.29 is 4.74 Å². The van der Waals surface area contributed by atoms with Crippen LogP contribution in [0, 0.1) is 6.92 Å². The molecule has 3 aromatic rings. The molecule has 0 aliphatic rings. The van der Waals surface area contributed by atoms with Crippen LogP contribution in [0.3, 0.4) is 0 Å². The number of hydrazone groups is 1. The van der Waals surface area contributed by atoms with Crippen molar-refractivity contribution >= 4 is 38.6 Å². The third-order valence-electron chi connectivity index (χ3n) is 3.45. The maximum absolute atomic E-state index is 5.39. The fourth-order valence-electron chi connectivity index (χ4n) is 2.17. The molecule has 1 heterocycles. The van der Waals surface area contributed by atoms with Crippen LogP contribution < -0.4 is 10.2 Å².